The van der Waals surface area contributed by atoms with Crippen molar-refractivity contribution < 1.29 is 0 Å². The van der Waals surface area contributed by atoms with Crippen LogP contribution in [0.3, 0.4) is 0 Å². The zero-order valence-corrected chi connectivity index (χ0v) is 8.96. The quantitative estimate of drug-likeness (QED) is 0.703. The minimum absolute atomic E-state index is 0.122. The molecule has 3 N–H and O–H groups in total. The van der Waals surface area contributed by atoms with Crippen molar-refractivity contribution in [2.24, 2.45) is 11.7 Å². The summed E-state index contributed by atoms with van der Waals surface area (Å²) in [6.45, 7) is 4.22. The minimum atomic E-state index is -0.122. The van der Waals surface area contributed by atoms with Gasteiger partial charge in [-0.05, 0) is 13.5 Å². The Morgan fingerprint density at radius 2 is 1.93 bits per heavy atom. The van der Waals surface area contributed by atoms with Crippen LogP contribution in [0.5, 0.6) is 0 Å². The van der Waals surface area contributed by atoms with Crippen molar-refractivity contribution in [2.45, 2.75) is 20.3 Å². The summed E-state index contributed by atoms with van der Waals surface area (Å²) in [6.07, 6.45) is 0.642. The number of nitrogens with zero attached hydrogens (tertiary/aromatic N) is 2. The Hall–Kier alpha value is -1.78. The molecular weight excluding hydrogens is 188 g/mol. The summed E-state index contributed by atoms with van der Waals surface area (Å²) in [5.74, 6) is -0.122. The molecule has 1 aliphatic heterocycles. The maximum absolute atomic E-state index is 9.04. The fourth-order valence-corrected chi connectivity index (χ4v) is 1.78. The zero-order valence-electron chi connectivity index (χ0n) is 8.96. The normalized spacial score (nSPS) is 20.7. The van der Waals surface area contributed by atoms with E-state index in [2.05, 4.69) is 17.5 Å². The lowest BCUT2D eigenvalue weighted by Crippen LogP contribution is -2.25. The Balaban J connectivity index is 3.12. The van der Waals surface area contributed by atoms with Gasteiger partial charge in [-0.2, -0.15) is 10.5 Å². The van der Waals surface area contributed by atoms with Gasteiger partial charge in [-0.3, -0.25) is 0 Å². The van der Waals surface area contributed by atoms with Gasteiger partial charge in [-0.15, -0.1) is 0 Å². The van der Waals surface area contributed by atoms with Crippen molar-refractivity contribution >= 4 is 0 Å². The van der Waals surface area contributed by atoms with E-state index in [0.29, 0.717) is 24.1 Å². The van der Waals surface area contributed by atoms with Crippen LogP contribution >= 0.6 is 0 Å². The predicted molar refractivity (Wildman–Crippen MR) is 56.9 cm³/mol. The van der Waals surface area contributed by atoms with E-state index >= 15 is 0 Å². The van der Waals surface area contributed by atoms with Gasteiger partial charge in [0.1, 0.15) is 0 Å². The maximum Gasteiger partial charge on any atom is 0.0972 e. The molecule has 0 aromatic rings. The Morgan fingerprint density at radius 1 is 1.33 bits per heavy atom. The van der Waals surface area contributed by atoms with Gasteiger partial charge in [0.05, 0.1) is 23.3 Å². The number of nitrogens with two attached hydrogens (primary N) is 1. The first-order chi connectivity index (χ1) is 7.15. The molecular formula is C11H14N4. The fourth-order valence-electron chi connectivity index (χ4n) is 1.78. The molecule has 0 saturated heterocycles. The molecule has 0 saturated carbocycles. The third kappa shape index (κ3) is 2.01. The van der Waals surface area contributed by atoms with Gasteiger partial charge in [-0.1, -0.05) is 6.92 Å². The van der Waals surface area contributed by atoms with Crippen molar-refractivity contribution in [1.29, 1.82) is 10.5 Å². The molecule has 0 amide bonds. The van der Waals surface area contributed by atoms with Crippen molar-refractivity contribution in [3.8, 4) is 12.1 Å². The molecule has 0 bridgehead atoms. The van der Waals surface area contributed by atoms with Crippen LogP contribution in [-0.4, -0.2) is 6.54 Å². The summed E-state index contributed by atoms with van der Waals surface area (Å²) < 4.78 is 0. The highest BCUT2D eigenvalue weighted by atomic mass is 14.9. The highest BCUT2D eigenvalue weighted by Gasteiger charge is 2.24. The summed E-state index contributed by atoms with van der Waals surface area (Å²) in [6, 6.07) is 4.28. The van der Waals surface area contributed by atoms with E-state index in [0.717, 1.165) is 11.4 Å². The second-order valence-corrected chi connectivity index (χ2v) is 3.54. The van der Waals surface area contributed by atoms with Gasteiger partial charge >= 0.3 is 0 Å². The topological polar surface area (TPSA) is 85.6 Å². The van der Waals surface area contributed by atoms with E-state index < -0.39 is 0 Å². The fraction of sp³-hybridized carbons (Fsp3) is 0.455. The third-order valence-corrected chi connectivity index (χ3v) is 2.57. The molecule has 0 aliphatic carbocycles. The van der Waals surface area contributed by atoms with E-state index in [-0.39, 0.29) is 5.92 Å². The second kappa shape index (κ2) is 4.63. The molecule has 78 valence electrons. The van der Waals surface area contributed by atoms with Crippen molar-refractivity contribution in [3.63, 3.8) is 0 Å². The van der Waals surface area contributed by atoms with Crippen LogP contribution in [0.4, 0.5) is 0 Å². The molecule has 4 heteroatoms. The van der Waals surface area contributed by atoms with Gasteiger partial charge in [0.2, 0.25) is 0 Å². The standard InChI is InChI=1S/C11H14N4/c1-7-9(5-13)8(2)15-11(3-4-12)10(7)6-14/h7,15H,3-4,12H2,1-2H3/t7-/m1/s1. The molecule has 0 radical (unpaired) electrons. The van der Waals surface area contributed by atoms with Crippen LogP contribution in [-0.2, 0) is 0 Å². The molecule has 1 heterocycles. The number of nitriles is 2. The van der Waals surface area contributed by atoms with Crippen LogP contribution in [0, 0.1) is 28.6 Å². The first-order valence-corrected chi connectivity index (χ1v) is 4.86. The lowest BCUT2D eigenvalue weighted by atomic mass is 9.88. The average Bonchev–Trinajstić information content (AvgIpc) is 2.19. The summed E-state index contributed by atoms with van der Waals surface area (Å²) in [5.41, 5.74) is 8.41. The van der Waals surface area contributed by atoms with Crippen LogP contribution < -0.4 is 11.1 Å². The zero-order chi connectivity index (χ0) is 11.4. The third-order valence-electron chi connectivity index (χ3n) is 2.57. The van der Waals surface area contributed by atoms with Crippen LogP contribution in [0.1, 0.15) is 20.3 Å². The SMILES string of the molecule is CC1=C(C#N)[C@@H](C)C(C#N)=C(CCN)N1. The van der Waals surface area contributed by atoms with E-state index in [1.807, 2.05) is 13.8 Å². The predicted octanol–water partition coefficient (Wildman–Crippen LogP) is 1.15. The van der Waals surface area contributed by atoms with Crippen LogP contribution in [0.2, 0.25) is 0 Å². The summed E-state index contributed by atoms with van der Waals surface area (Å²) in [4.78, 5) is 0. The van der Waals surface area contributed by atoms with Crippen LogP contribution in [0.25, 0.3) is 0 Å². The first-order valence-electron chi connectivity index (χ1n) is 4.86. The number of hydrogen-bond acceptors (Lipinski definition) is 4. The highest BCUT2D eigenvalue weighted by molar-refractivity contribution is 5.46. The smallest absolute Gasteiger partial charge is 0.0972 e. The lowest BCUT2D eigenvalue weighted by Gasteiger charge is -2.24. The van der Waals surface area contributed by atoms with Crippen LogP contribution in [0.15, 0.2) is 22.5 Å². The number of dihydropyridines is 1. The Bertz CT molecular complexity index is 403. The molecule has 15 heavy (non-hydrogen) atoms. The number of allylic oxidation sites excluding steroid dienone is 3. The summed E-state index contributed by atoms with van der Waals surface area (Å²) in [7, 11) is 0. The molecule has 1 atom stereocenters. The van der Waals surface area contributed by atoms with E-state index in [1.165, 1.54) is 0 Å². The maximum atomic E-state index is 9.04. The Labute approximate surface area is 89.7 Å². The van der Waals surface area contributed by atoms with Gasteiger partial charge in [0.15, 0.2) is 0 Å². The molecule has 1 rings (SSSR count). The van der Waals surface area contributed by atoms with Crippen molar-refractivity contribution in [2.75, 3.05) is 6.54 Å². The van der Waals surface area contributed by atoms with E-state index in [9.17, 15) is 0 Å². The van der Waals surface area contributed by atoms with Crippen molar-refractivity contribution in [1.82, 2.24) is 5.32 Å². The number of rotatable bonds is 2. The first kappa shape index (κ1) is 11.3. The Morgan fingerprint density at radius 3 is 2.40 bits per heavy atom. The lowest BCUT2D eigenvalue weighted by molar-refractivity contribution is 0.711. The monoisotopic (exact) mass is 202 g/mol. The molecule has 1 aliphatic rings. The van der Waals surface area contributed by atoms with Gasteiger partial charge in [0.25, 0.3) is 0 Å². The largest absolute Gasteiger partial charge is 0.361 e. The molecule has 0 aromatic heterocycles. The molecule has 0 unspecified atom stereocenters. The van der Waals surface area contributed by atoms with Crippen molar-refractivity contribution in [3.05, 3.63) is 22.5 Å². The summed E-state index contributed by atoms with van der Waals surface area (Å²) in [5, 5.41) is 21.1. The molecule has 0 spiro atoms. The Kier molecular flexibility index (Phi) is 3.49. The van der Waals surface area contributed by atoms with Gasteiger partial charge in [-0.25, -0.2) is 0 Å². The summed E-state index contributed by atoms with van der Waals surface area (Å²) >= 11 is 0. The second-order valence-electron chi connectivity index (χ2n) is 3.54. The molecule has 0 fully saturated rings. The van der Waals surface area contributed by atoms with Gasteiger partial charge in [0, 0.05) is 23.7 Å². The van der Waals surface area contributed by atoms with E-state index in [1.54, 1.807) is 0 Å². The number of hydrogen-bond donors (Lipinski definition) is 2. The van der Waals surface area contributed by atoms with Gasteiger partial charge < -0.3 is 11.1 Å². The minimum Gasteiger partial charge on any atom is -0.361 e. The highest BCUT2D eigenvalue weighted by Crippen LogP contribution is 2.28. The van der Waals surface area contributed by atoms with E-state index in [4.69, 9.17) is 16.3 Å². The molecule has 4 nitrogen and oxygen atoms in total. The average molecular weight is 202 g/mol. The number of nitrogens with one attached hydrogen (secondary N) is 1. The molecule has 0 aromatic carbocycles.